The minimum Gasteiger partial charge on any atom is -0.477 e. The van der Waals surface area contributed by atoms with Crippen LogP contribution in [0.15, 0.2) is 34.5 Å². The number of thiophene rings is 1. The summed E-state index contributed by atoms with van der Waals surface area (Å²) in [5, 5.41) is 11.0. The van der Waals surface area contributed by atoms with E-state index in [1.165, 1.54) is 15.6 Å². The van der Waals surface area contributed by atoms with E-state index in [4.69, 9.17) is 0 Å². The Kier molecular flexibility index (Phi) is 5.47. The molecule has 1 fully saturated rings. The SMILES string of the molecule is Cc1ccc(S(=O)(=O)N2CCN(Cc3ccsc3C(=O)O)CC2)cc1C. The minimum atomic E-state index is -3.49. The summed E-state index contributed by atoms with van der Waals surface area (Å²) in [5.74, 6) is -0.911. The van der Waals surface area contributed by atoms with Gasteiger partial charge in [0.1, 0.15) is 4.88 Å². The number of sulfonamides is 1. The molecule has 1 aromatic carbocycles. The largest absolute Gasteiger partial charge is 0.477 e. The first kappa shape index (κ1) is 19.0. The molecule has 140 valence electrons. The molecule has 1 aromatic heterocycles. The van der Waals surface area contributed by atoms with Gasteiger partial charge in [-0.2, -0.15) is 4.31 Å². The first-order chi connectivity index (χ1) is 12.3. The van der Waals surface area contributed by atoms with Gasteiger partial charge in [-0.05, 0) is 54.1 Å². The van der Waals surface area contributed by atoms with Crippen LogP contribution in [0.3, 0.4) is 0 Å². The van der Waals surface area contributed by atoms with Crippen LogP contribution in [0.2, 0.25) is 0 Å². The number of aryl methyl sites for hydroxylation is 2. The lowest BCUT2D eigenvalue weighted by molar-refractivity contribution is 0.0699. The maximum atomic E-state index is 12.8. The summed E-state index contributed by atoms with van der Waals surface area (Å²) in [7, 11) is -3.49. The molecule has 0 amide bonds. The molecule has 2 aromatic rings. The molecule has 8 heteroatoms. The number of benzene rings is 1. The number of aromatic carboxylic acids is 1. The summed E-state index contributed by atoms with van der Waals surface area (Å²) in [6.45, 7) is 6.37. The average Bonchev–Trinajstić information content (AvgIpc) is 3.06. The summed E-state index contributed by atoms with van der Waals surface area (Å²) in [5.41, 5.74) is 2.81. The van der Waals surface area contributed by atoms with Gasteiger partial charge in [0.25, 0.3) is 0 Å². The van der Waals surface area contributed by atoms with Crippen molar-refractivity contribution in [1.82, 2.24) is 9.21 Å². The molecule has 0 bridgehead atoms. The Morgan fingerprint density at radius 1 is 1.12 bits per heavy atom. The number of carbonyl (C=O) groups is 1. The highest BCUT2D eigenvalue weighted by Crippen LogP contribution is 2.23. The fourth-order valence-electron chi connectivity index (χ4n) is 3.04. The number of hydrogen-bond donors (Lipinski definition) is 1. The van der Waals surface area contributed by atoms with Crippen LogP contribution in [0, 0.1) is 13.8 Å². The molecular weight excluding hydrogens is 372 g/mol. The van der Waals surface area contributed by atoms with E-state index in [1.54, 1.807) is 17.5 Å². The van der Waals surface area contributed by atoms with E-state index in [1.807, 2.05) is 26.0 Å². The summed E-state index contributed by atoms with van der Waals surface area (Å²) < 4.78 is 27.2. The third-order valence-electron chi connectivity index (χ3n) is 4.78. The van der Waals surface area contributed by atoms with Gasteiger partial charge in [-0.15, -0.1) is 11.3 Å². The van der Waals surface area contributed by atoms with E-state index in [0.717, 1.165) is 16.7 Å². The second-order valence-corrected chi connectivity index (χ2v) is 9.36. The summed E-state index contributed by atoms with van der Waals surface area (Å²) in [4.78, 5) is 14.0. The van der Waals surface area contributed by atoms with Crippen molar-refractivity contribution < 1.29 is 18.3 Å². The Morgan fingerprint density at radius 2 is 1.81 bits per heavy atom. The second kappa shape index (κ2) is 7.48. The van der Waals surface area contributed by atoms with Gasteiger partial charge in [0, 0.05) is 32.7 Å². The van der Waals surface area contributed by atoms with Crippen molar-refractivity contribution >= 4 is 27.3 Å². The molecule has 0 unspecified atom stereocenters. The van der Waals surface area contributed by atoms with E-state index in [0.29, 0.717) is 42.5 Å². The smallest absolute Gasteiger partial charge is 0.346 e. The first-order valence-electron chi connectivity index (χ1n) is 8.38. The zero-order chi connectivity index (χ0) is 18.9. The topological polar surface area (TPSA) is 77.9 Å². The molecular formula is C18H22N2O4S2. The summed E-state index contributed by atoms with van der Waals surface area (Å²) in [6.07, 6.45) is 0. The maximum absolute atomic E-state index is 12.8. The van der Waals surface area contributed by atoms with E-state index in [2.05, 4.69) is 4.90 Å². The first-order valence-corrected chi connectivity index (χ1v) is 10.7. The molecule has 1 aliphatic rings. The number of nitrogens with zero attached hydrogens (tertiary/aromatic N) is 2. The fraction of sp³-hybridized carbons (Fsp3) is 0.389. The lowest BCUT2D eigenvalue weighted by Crippen LogP contribution is -2.48. The Hall–Kier alpha value is -1.74. The average molecular weight is 395 g/mol. The van der Waals surface area contributed by atoms with Crippen molar-refractivity contribution in [2.45, 2.75) is 25.3 Å². The Bertz CT molecular complexity index is 913. The van der Waals surface area contributed by atoms with Gasteiger partial charge in [0.15, 0.2) is 0 Å². The van der Waals surface area contributed by atoms with Crippen molar-refractivity contribution in [3.63, 3.8) is 0 Å². The van der Waals surface area contributed by atoms with Crippen molar-refractivity contribution in [3.8, 4) is 0 Å². The van der Waals surface area contributed by atoms with Crippen molar-refractivity contribution in [2.75, 3.05) is 26.2 Å². The number of piperazine rings is 1. The molecule has 0 atom stereocenters. The van der Waals surface area contributed by atoms with Crippen LogP contribution in [-0.4, -0.2) is 54.9 Å². The van der Waals surface area contributed by atoms with E-state index >= 15 is 0 Å². The number of carboxylic acid groups (broad SMARTS) is 1. The lowest BCUT2D eigenvalue weighted by atomic mass is 10.1. The fourth-order valence-corrected chi connectivity index (χ4v) is 5.30. The van der Waals surface area contributed by atoms with Gasteiger partial charge < -0.3 is 5.11 Å². The number of hydrogen-bond acceptors (Lipinski definition) is 5. The van der Waals surface area contributed by atoms with Crippen LogP contribution in [0.5, 0.6) is 0 Å². The molecule has 1 aliphatic heterocycles. The number of rotatable bonds is 5. The summed E-state index contributed by atoms with van der Waals surface area (Å²) in [6, 6.07) is 7.05. The molecule has 3 rings (SSSR count). The van der Waals surface area contributed by atoms with Gasteiger partial charge in [0.05, 0.1) is 4.90 Å². The molecule has 0 radical (unpaired) electrons. The summed E-state index contributed by atoms with van der Waals surface area (Å²) >= 11 is 1.22. The van der Waals surface area contributed by atoms with E-state index in [9.17, 15) is 18.3 Å². The molecule has 0 saturated carbocycles. The van der Waals surface area contributed by atoms with Crippen LogP contribution >= 0.6 is 11.3 Å². The molecule has 26 heavy (non-hydrogen) atoms. The minimum absolute atomic E-state index is 0.333. The zero-order valence-corrected chi connectivity index (χ0v) is 16.4. The molecule has 0 aliphatic carbocycles. The second-order valence-electron chi connectivity index (χ2n) is 6.51. The van der Waals surface area contributed by atoms with Crippen molar-refractivity contribution in [2.24, 2.45) is 0 Å². The van der Waals surface area contributed by atoms with Crippen LogP contribution in [0.1, 0.15) is 26.4 Å². The third kappa shape index (κ3) is 3.83. The Morgan fingerprint density at radius 3 is 2.42 bits per heavy atom. The molecule has 2 heterocycles. The highest BCUT2D eigenvalue weighted by Gasteiger charge is 2.29. The Balaban J connectivity index is 1.67. The molecule has 6 nitrogen and oxygen atoms in total. The quantitative estimate of drug-likeness (QED) is 0.843. The predicted molar refractivity (Wildman–Crippen MR) is 101 cm³/mol. The van der Waals surface area contributed by atoms with Crippen molar-refractivity contribution in [1.29, 1.82) is 0 Å². The standard InChI is InChI=1S/C18H22N2O4S2/c1-13-3-4-16(11-14(13)2)26(23,24)20-8-6-19(7-9-20)12-15-5-10-25-17(15)18(21)22/h3-5,10-11H,6-9,12H2,1-2H3,(H,21,22). The zero-order valence-electron chi connectivity index (χ0n) is 14.8. The van der Waals surface area contributed by atoms with Crippen LogP contribution < -0.4 is 0 Å². The lowest BCUT2D eigenvalue weighted by Gasteiger charge is -2.34. The van der Waals surface area contributed by atoms with E-state index < -0.39 is 16.0 Å². The molecule has 0 spiro atoms. The normalized spacial score (nSPS) is 16.7. The predicted octanol–water partition coefficient (Wildman–Crippen LogP) is 2.57. The highest BCUT2D eigenvalue weighted by atomic mass is 32.2. The molecule has 1 N–H and O–H groups in total. The van der Waals surface area contributed by atoms with Gasteiger partial charge in [-0.3, -0.25) is 4.90 Å². The maximum Gasteiger partial charge on any atom is 0.346 e. The van der Waals surface area contributed by atoms with Gasteiger partial charge in [-0.1, -0.05) is 6.07 Å². The van der Waals surface area contributed by atoms with Gasteiger partial charge in [-0.25, -0.2) is 13.2 Å². The monoisotopic (exact) mass is 394 g/mol. The van der Waals surface area contributed by atoms with Crippen LogP contribution in [-0.2, 0) is 16.6 Å². The van der Waals surface area contributed by atoms with Crippen molar-refractivity contribution in [3.05, 3.63) is 51.2 Å². The van der Waals surface area contributed by atoms with E-state index in [-0.39, 0.29) is 0 Å². The number of carboxylic acids is 1. The van der Waals surface area contributed by atoms with Crippen LogP contribution in [0.4, 0.5) is 0 Å². The molecule has 1 saturated heterocycles. The Labute approximate surface area is 157 Å². The van der Waals surface area contributed by atoms with Crippen LogP contribution in [0.25, 0.3) is 0 Å². The van der Waals surface area contributed by atoms with Gasteiger partial charge in [0.2, 0.25) is 10.0 Å². The van der Waals surface area contributed by atoms with Gasteiger partial charge >= 0.3 is 5.97 Å². The third-order valence-corrected chi connectivity index (χ3v) is 7.62. The highest BCUT2D eigenvalue weighted by molar-refractivity contribution is 7.89.